The monoisotopic (exact) mass is 355 g/mol. The van der Waals surface area contributed by atoms with E-state index in [1.54, 1.807) is 13.2 Å². The summed E-state index contributed by atoms with van der Waals surface area (Å²) in [6.45, 7) is 0.501. The molecule has 25 heavy (non-hydrogen) atoms. The van der Waals surface area contributed by atoms with Crippen LogP contribution in [0.15, 0.2) is 18.5 Å². The molecule has 1 saturated heterocycles. The average molecular weight is 355 g/mol. The van der Waals surface area contributed by atoms with Crippen molar-refractivity contribution in [1.82, 2.24) is 19.7 Å². The van der Waals surface area contributed by atoms with Gasteiger partial charge in [-0.1, -0.05) is 0 Å². The Morgan fingerprint density at radius 2 is 2.12 bits per heavy atom. The van der Waals surface area contributed by atoms with Gasteiger partial charge in [-0.05, 0) is 18.9 Å². The first kappa shape index (κ1) is 17.2. The molecular weight excluding hydrogens is 339 g/mol. The minimum atomic E-state index is -4.63. The number of hydrogen-bond acceptors (Lipinski definition) is 5. The largest absolute Gasteiger partial charge is 0.481 e. The molecule has 1 aliphatic heterocycles. The molecule has 0 aromatic carbocycles. The second-order valence-corrected chi connectivity index (χ2v) is 5.96. The van der Waals surface area contributed by atoms with E-state index in [4.69, 9.17) is 5.11 Å². The van der Waals surface area contributed by atoms with Crippen LogP contribution in [-0.2, 0) is 18.0 Å². The van der Waals surface area contributed by atoms with Crippen molar-refractivity contribution >= 4 is 11.9 Å². The molecule has 1 unspecified atom stereocenters. The highest BCUT2D eigenvalue weighted by Gasteiger charge is 2.35. The fraction of sp³-hybridized carbons (Fsp3) is 0.467. The van der Waals surface area contributed by atoms with Gasteiger partial charge in [0.1, 0.15) is 0 Å². The molecule has 3 heterocycles. The van der Waals surface area contributed by atoms with Gasteiger partial charge in [-0.3, -0.25) is 9.48 Å². The van der Waals surface area contributed by atoms with E-state index in [2.05, 4.69) is 15.1 Å². The zero-order valence-corrected chi connectivity index (χ0v) is 13.4. The van der Waals surface area contributed by atoms with E-state index >= 15 is 0 Å². The van der Waals surface area contributed by atoms with Crippen molar-refractivity contribution in [3.05, 3.63) is 24.2 Å². The van der Waals surface area contributed by atoms with Crippen LogP contribution in [-0.4, -0.2) is 43.9 Å². The third-order valence-corrected chi connectivity index (χ3v) is 4.06. The third-order valence-electron chi connectivity index (χ3n) is 4.06. The lowest BCUT2D eigenvalue weighted by atomic mass is 9.99. The maximum Gasteiger partial charge on any atom is 0.433 e. The Morgan fingerprint density at radius 1 is 1.36 bits per heavy atom. The smallest absolute Gasteiger partial charge is 0.433 e. The SMILES string of the molecule is Cn1cc(-c2cc(C(F)(F)F)nc(N3CCCC(C(=O)O)C3)n2)cn1. The van der Waals surface area contributed by atoms with Crippen molar-refractivity contribution in [2.45, 2.75) is 19.0 Å². The summed E-state index contributed by atoms with van der Waals surface area (Å²) in [6.07, 6.45) is -0.610. The molecule has 0 spiro atoms. The number of aromatic nitrogens is 4. The minimum Gasteiger partial charge on any atom is -0.481 e. The molecule has 3 rings (SSSR count). The number of nitrogens with zero attached hydrogens (tertiary/aromatic N) is 5. The first-order chi connectivity index (χ1) is 11.7. The Kier molecular flexibility index (Phi) is 4.36. The number of carboxylic acid groups (broad SMARTS) is 1. The Bertz CT molecular complexity index is 790. The van der Waals surface area contributed by atoms with Crippen LogP contribution in [0.25, 0.3) is 11.3 Å². The van der Waals surface area contributed by atoms with Crippen LogP contribution in [0.5, 0.6) is 0 Å². The van der Waals surface area contributed by atoms with Crippen molar-refractivity contribution in [3.63, 3.8) is 0 Å². The topological polar surface area (TPSA) is 84.1 Å². The maximum absolute atomic E-state index is 13.2. The number of halogens is 3. The van der Waals surface area contributed by atoms with Gasteiger partial charge in [0.15, 0.2) is 5.69 Å². The highest BCUT2D eigenvalue weighted by Crippen LogP contribution is 2.32. The van der Waals surface area contributed by atoms with E-state index in [9.17, 15) is 18.0 Å². The first-order valence-electron chi connectivity index (χ1n) is 7.67. The number of rotatable bonds is 3. The fourth-order valence-electron chi connectivity index (χ4n) is 2.78. The Hall–Kier alpha value is -2.65. The second kappa shape index (κ2) is 6.34. The van der Waals surface area contributed by atoms with Gasteiger partial charge in [0, 0.05) is 31.9 Å². The number of carboxylic acids is 1. The van der Waals surface area contributed by atoms with E-state index in [0.717, 1.165) is 6.07 Å². The highest BCUT2D eigenvalue weighted by molar-refractivity contribution is 5.71. The maximum atomic E-state index is 13.2. The molecule has 1 atom stereocenters. The molecule has 7 nitrogen and oxygen atoms in total. The Morgan fingerprint density at radius 3 is 2.72 bits per heavy atom. The normalized spacial score (nSPS) is 18.4. The van der Waals surface area contributed by atoms with E-state index in [-0.39, 0.29) is 18.2 Å². The van der Waals surface area contributed by atoms with Crippen LogP contribution in [0, 0.1) is 5.92 Å². The highest BCUT2D eigenvalue weighted by atomic mass is 19.4. The Balaban J connectivity index is 2.02. The lowest BCUT2D eigenvalue weighted by Gasteiger charge is -2.31. The summed E-state index contributed by atoms with van der Waals surface area (Å²) >= 11 is 0. The predicted molar refractivity (Wildman–Crippen MR) is 81.8 cm³/mol. The summed E-state index contributed by atoms with van der Waals surface area (Å²) < 4.78 is 41.1. The minimum absolute atomic E-state index is 0.0864. The van der Waals surface area contributed by atoms with Crippen molar-refractivity contribution in [3.8, 4) is 11.3 Å². The standard InChI is InChI=1S/C15H16F3N5O2/c1-22-7-10(6-19-22)11-5-12(15(16,17)18)21-14(20-11)23-4-2-3-9(8-23)13(24)25/h5-7,9H,2-4,8H2,1H3,(H,24,25). The molecule has 2 aromatic heterocycles. The summed E-state index contributed by atoms with van der Waals surface area (Å²) in [5.74, 6) is -1.72. The van der Waals surface area contributed by atoms with Crippen LogP contribution in [0.1, 0.15) is 18.5 Å². The number of carbonyl (C=O) groups is 1. The predicted octanol–water partition coefficient (Wildman–Crippen LogP) is 2.20. The van der Waals surface area contributed by atoms with E-state index in [1.807, 2.05) is 0 Å². The molecule has 0 bridgehead atoms. The van der Waals surface area contributed by atoms with Gasteiger partial charge in [-0.15, -0.1) is 0 Å². The quantitative estimate of drug-likeness (QED) is 0.909. The van der Waals surface area contributed by atoms with E-state index < -0.39 is 23.8 Å². The van der Waals surface area contributed by atoms with Crippen molar-refractivity contribution in [1.29, 1.82) is 0 Å². The van der Waals surface area contributed by atoms with Gasteiger partial charge in [0.25, 0.3) is 0 Å². The summed E-state index contributed by atoms with van der Waals surface area (Å²) in [6, 6.07) is 0.874. The molecule has 0 radical (unpaired) electrons. The lowest BCUT2D eigenvalue weighted by Crippen LogP contribution is -2.39. The fourth-order valence-corrected chi connectivity index (χ4v) is 2.78. The second-order valence-electron chi connectivity index (χ2n) is 5.96. The number of hydrogen-bond donors (Lipinski definition) is 1. The Labute approximate surface area is 141 Å². The third kappa shape index (κ3) is 3.72. The van der Waals surface area contributed by atoms with Crippen LogP contribution < -0.4 is 4.90 Å². The van der Waals surface area contributed by atoms with Crippen LogP contribution in [0.3, 0.4) is 0 Å². The van der Waals surface area contributed by atoms with E-state index in [0.29, 0.717) is 24.9 Å². The zero-order valence-electron chi connectivity index (χ0n) is 13.4. The van der Waals surface area contributed by atoms with Crippen molar-refractivity contribution < 1.29 is 23.1 Å². The van der Waals surface area contributed by atoms with Crippen LogP contribution in [0.2, 0.25) is 0 Å². The summed E-state index contributed by atoms with van der Waals surface area (Å²) in [4.78, 5) is 20.5. The van der Waals surface area contributed by atoms with Gasteiger partial charge in [-0.25, -0.2) is 9.97 Å². The number of aliphatic carboxylic acids is 1. The molecule has 1 aliphatic rings. The molecule has 1 N–H and O–H groups in total. The summed E-state index contributed by atoms with van der Waals surface area (Å²) in [5.41, 5.74) is -0.528. The first-order valence-corrected chi connectivity index (χ1v) is 7.67. The summed E-state index contributed by atoms with van der Waals surface area (Å²) in [5, 5.41) is 13.1. The molecule has 10 heteroatoms. The van der Waals surface area contributed by atoms with Crippen molar-refractivity contribution in [2.24, 2.45) is 13.0 Å². The van der Waals surface area contributed by atoms with Crippen LogP contribution >= 0.6 is 0 Å². The number of anilines is 1. The van der Waals surface area contributed by atoms with Gasteiger partial charge in [0.05, 0.1) is 17.8 Å². The molecule has 0 saturated carbocycles. The number of alkyl halides is 3. The van der Waals surface area contributed by atoms with Gasteiger partial charge in [0.2, 0.25) is 5.95 Å². The molecule has 1 fully saturated rings. The number of aryl methyl sites for hydroxylation is 1. The number of piperidine rings is 1. The molecule has 134 valence electrons. The van der Waals surface area contributed by atoms with E-state index in [1.165, 1.54) is 15.8 Å². The van der Waals surface area contributed by atoms with Crippen LogP contribution in [0.4, 0.5) is 19.1 Å². The van der Waals surface area contributed by atoms with Gasteiger partial charge >= 0.3 is 12.1 Å². The average Bonchev–Trinajstić information content (AvgIpc) is 3.00. The van der Waals surface area contributed by atoms with Gasteiger partial charge in [-0.2, -0.15) is 18.3 Å². The molecule has 0 aliphatic carbocycles. The van der Waals surface area contributed by atoms with Crippen molar-refractivity contribution in [2.75, 3.05) is 18.0 Å². The molecule has 2 aromatic rings. The molecular formula is C15H16F3N5O2. The van der Waals surface area contributed by atoms with Gasteiger partial charge < -0.3 is 10.0 Å². The molecule has 0 amide bonds. The lowest BCUT2D eigenvalue weighted by molar-refractivity contribution is -0.142. The zero-order chi connectivity index (χ0) is 18.2. The summed E-state index contributed by atoms with van der Waals surface area (Å²) in [7, 11) is 1.65.